The van der Waals surface area contributed by atoms with Crippen LogP contribution in [-0.2, 0) is 6.54 Å². The van der Waals surface area contributed by atoms with Crippen molar-refractivity contribution in [2.75, 3.05) is 13.6 Å². The molecule has 74 valence electrons. The van der Waals surface area contributed by atoms with Crippen LogP contribution in [-0.4, -0.2) is 23.5 Å². The molecule has 1 rings (SSSR count). The van der Waals surface area contributed by atoms with Gasteiger partial charge in [-0.25, -0.2) is 0 Å². The van der Waals surface area contributed by atoms with E-state index in [0.717, 1.165) is 13.1 Å². The number of hydrogen-bond donors (Lipinski definition) is 0. The molecule has 0 aliphatic rings. The monoisotopic (exact) mass is 189 g/mol. The summed E-state index contributed by atoms with van der Waals surface area (Å²) in [5.74, 6) is 0.0803. The average molecular weight is 189 g/mol. The topological polar surface area (TPSA) is 39.9 Å². The van der Waals surface area contributed by atoms with Crippen LogP contribution in [0.5, 0.6) is 0 Å². The summed E-state index contributed by atoms with van der Waals surface area (Å²) in [6, 6.07) is 6.19. The standard InChI is InChI=1S/C11H15N3/c1-10(6-12)8-14(2)9-11-4-3-5-13-7-11/h3-5,7,10H,8-9H2,1-2H3. The van der Waals surface area contributed by atoms with Gasteiger partial charge in [0, 0.05) is 25.5 Å². The van der Waals surface area contributed by atoms with Crippen molar-refractivity contribution < 1.29 is 0 Å². The highest BCUT2D eigenvalue weighted by Crippen LogP contribution is 2.03. The highest BCUT2D eigenvalue weighted by atomic mass is 15.1. The molecule has 0 aromatic carbocycles. The van der Waals surface area contributed by atoms with E-state index in [-0.39, 0.29) is 5.92 Å². The molecule has 3 heteroatoms. The zero-order valence-electron chi connectivity index (χ0n) is 8.64. The zero-order valence-corrected chi connectivity index (χ0v) is 8.64. The molecule has 0 amide bonds. The highest BCUT2D eigenvalue weighted by Gasteiger charge is 2.05. The molecule has 0 fully saturated rings. The van der Waals surface area contributed by atoms with Crippen molar-refractivity contribution in [3.63, 3.8) is 0 Å². The van der Waals surface area contributed by atoms with Crippen LogP contribution in [0.1, 0.15) is 12.5 Å². The fraction of sp³-hybridized carbons (Fsp3) is 0.455. The number of aromatic nitrogens is 1. The van der Waals surface area contributed by atoms with E-state index in [1.807, 2.05) is 32.3 Å². The van der Waals surface area contributed by atoms with Gasteiger partial charge in [-0.15, -0.1) is 0 Å². The van der Waals surface area contributed by atoms with Crippen molar-refractivity contribution in [1.29, 1.82) is 5.26 Å². The number of nitrogens with zero attached hydrogens (tertiary/aromatic N) is 3. The third kappa shape index (κ3) is 3.55. The van der Waals surface area contributed by atoms with Crippen LogP contribution in [0.25, 0.3) is 0 Å². The molecule has 14 heavy (non-hydrogen) atoms. The average Bonchev–Trinajstić information content (AvgIpc) is 2.19. The quantitative estimate of drug-likeness (QED) is 0.723. The lowest BCUT2D eigenvalue weighted by atomic mass is 10.2. The molecule has 0 aliphatic heterocycles. The van der Waals surface area contributed by atoms with Gasteiger partial charge in [-0.1, -0.05) is 6.07 Å². The lowest BCUT2D eigenvalue weighted by Crippen LogP contribution is -2.23. The molecule has 3 nitrogen and oxygen atoms in total. The van der Waals surface area contributed by atoms with Gasteiger partial charge in [-0.3, -0.25) is 4.98 Å². The van der Waals surface area contributed by atoms with Crippen LogP contribution in [0.2, 0.25) is 0 Å². The fourth-order valence-corrected chi connectivity index (χ4v) is 1.38. The van der Waals surface area contributed by atoms with Crippen LogP contribution in [0, 0.1) is 17.2 Å². The molecule has 0 bridgehead atoms. The summed E-state index contributed by atoms with van der Waals surface area (Å²) in [6.45, 7) is 3.57. The van der Waals surface area contributed by atoms with Gasteiger partial charge < -0.3 is 4.90 Å². The Hall–Kier alpha value is -1.40. The Morgan fingerprint density at radius 2 is 2.43 bits per heavy atom. The maximum atomic E-state index is 8.66. The van der Waals surface area contributed by atoms with Gasteiger partial charge in [0.2, 0.25) is 0 Å². The number of pyridine rings is 1. The maximum Gasteiger partial charge on any atom is 0.0666 e. The zero-order chi connectivity index (χ0) is 10.4. The first kappa shape index (κ1) is 10.7. The Morgan fingerprint density at radius 3 is 3.00 bits per heavy atom. The molecule has 0 radical (unpaired) electrons. The van der Waals surface area contributed by atoms with Gasteiger partial charge in [-0.2, -0.15) is 5.26 Å². The lowest BCUT2D eigenvalue weighted by molar-refractivity contribution is 0.303. The predicted octanol–water partition coefficient (Wildman–Crippen LogP) is 1.67. The third-order valence-corrected chi connectivity index (χ3v) is 1.98. The Balaban J connectivity index is 2.42. The SMILES string of the molecule is CC(C#N)CN(C)Cc1cccnc1. The molecule has 1 heterocycles. The maximum absolute atomic E-state index is 8.66. The molecule has 1 aromatic rings. The summed E-state index contributed by atoms with van der Waals surface area (Å²) < 4.78 is 0. The van der Waals surface area contributed by atoms with Crippen molar-refractivity contribution in [2.45, 2.75) is 13.5 Å². The summed E-state index contributed by atoms with van der Waals surface area (Å²) in [7, 11) is 2.01. The van der Waals surface area contributed by atoms with E-state index in [1.54, 1.807) is 6.20 Å². The van der Waals surface area contributed by atoms with Gasteiger partial charge in [0.25, 0.3) is 0 Å². The number of rotatable bonds is 4. The summed E-state index contributed by atoms with van der Waals surface area (Å²) in [6.07, 6.45) is 3.62. The van der Waals surface area contributed by atoms with Crippen molar-refractivity contribution in [3.05, 3.63) is 30.1 Å². The predicted molar refractivity (Wildman–Crippen MR) is 55.3 cm³/mol. The van der Waals surface area contributed by atoms with E-state index in [4.69, 9.17) is 5.26 Å². The molecule has 0 N–H and O–H groups in total. The Kier molecular flexibility index (Phi) is 4.09. The first-order valence-electron chi connectivity index (χ1n) is 4.69. The van der Waals surface area contributed by atoms with Crippen LogP contribution in [0.4, 0.5) is 0 Å². The van der Waals surface area contributed by atoms with Crippen LogP contribution in [0.15, 0.2) is 24.5 Å². The van der Waals surface area contributed by atoms with Crippen molar-refractivity contribution in [3.8, 4) is 6.07 Å². The minimum Gasteiger partial charge on any atom is -0.301 e. The molecule has 0 saturated carbocycles. The molecule has 0 spiro atoms. The highest BCUT2D eigenvalue weighted by molar-refractivity contribution is 5.08. The van der Waals surface area contributed by atoms with Crippen molar-refractivity contribution in [2.24, 2.45) is 5.92 Å². The first-order valence-corrected chi connectivity index (χ1v) is 4.69. The third-order valence-electron chi connectivity index (χ3n) is 1.98. The molecule has 0 aliphatic carbocycles. The molecule has 1 atom stereocenters. The van der Waals surface area contributed by atoms with Crippen LogP contribution < -0.4 is 0 Å². The summed E-state index contributed by atoms with van der Waals surface area (Å²) >= 11 is 0. The minimum atomic E-state index is 0.0803. The van der Waals surface area contributed by atoms with E-state index in [0.29, 0.717) is 0 Å². The van der Waals surface area contributed by atoms with Gasteiger partial charge in [-0.05, 0) is 25.6 Å². The molecule has 1 unspecified atom stereocenters. The van der Waals surface area contributed by atoms with Crippen LogP contribution >= 0.6 is 0 Å². The lowest BCUT2D eigenvalue weighted by Gasteiger charge is -2.17. The van der Waals surface area contributed by atoms with Crippen molar-refractivity contribution >= 4 is 0 Å². The molecular weight excluding hydrogens is 174 g/mol. The van der Waals surface area contributed by atoms with Crippen molar-refractivity contribution in [1.82, 2.24) is 9.88 Å². The van der Waals surface area contributed by atoms with Gasteiger partial charge >= 0.3 is 0 Å². The second-order valence-corrected chi connectivity index (χ2v) is 3.59. The van der Waals surface area contributed by atoms with Gasteiger partial charge in [0.05, 0.1) is 12.0 Å². The minimum absolute atomic E-state index is 0.0803. The van der Waals surface area contributed by atoms with E-state index in [1.165, 1.54) is 5.56 Å². The van der Waals surface area contributed by atoms with E-state index in [9.17, 15) is 0 Å². The van der Waals surface area contributed by atoms with E-state index >= 15 is 0 Å². The van der Waals surface area contributed by atoms with E-state index in [2.05, 4.69) is 16.0 Å². The molecule has 0 saturated heterocycles. The summed E-state index contributed by atoms with van der Waals surface area (Å²) in [4.78, 5) is 6.18. The van der Waals surface area contributed by atoms with E-state index < -0.39 is 0 Å². The second kappa shape index (κ2) is 5.36. The molecule has 1 aromatic heterocycles. The largest absolute Gasteiger partial charge is 0.301 e. The fourth-order valence-electron chi connectivity index (χ4n) is 1.38. The number of hydrogen-bond acceptors (Lipinski definition) is 3. The number of nitriles is 1. The molecular formula is C11H15N3. The van der Waals surface area contributed by atoms with Gasteiger partial charge in [0.15, 0.2) is 0 Å². The Morgan fingerprint density at radius 1 is 1.64 bits per heavy atom. The Bertz CT molecular complexity index is 302. The smallest absolute Gasteiger partial charge is 0.0666 e. The normalized spacial score (nSPS) is 12.4. The first-order chi connectivity index (χ1) is 6.72. The summed E-state index contributed by atoms with van der Waals surface area (Å²) in [5.41, 5.74) is 1.18. The summed E-state index contributed by atoms with van der Waals surface area (Å²) in [5, 5.41) is 8.66. The van der Waals surface area contributed by atoms with Gasteiger partial charge in [0.1, 0.15) is 0 Å². The Labute approximate surface area is 85.0 Å². The second-order valence-electron chi connectivity index (χ2n) is 3.59. The van der Waals surface area contributed by atoms with Crippen LogP contribution in [0.3, 0.4) is 0 Å².